The Hall–Kier alpha value is -1.10. The van der Waals surface area contributed by atoms with E-state index in [1.807, 2.05) is 32.6 Å². The second kappa shape index (κ2) is 6.37. The summed E-state index contributed by atoms with van der Waals surface area (Å²) in [6, 6.07) is 0.0289. The van der Waals surface area contributed by atoms with E-state index in [4.69, 9.17) is 4.74 Å². The summed E-state index contributed by atoms with van der Waals surface area (Å²) >= 11 is 0. The molecule has 1 fully saturated rings. The number of esters is 1. The molecule has 0 saturated heterocycles. The normalized spacial score (nSPS) is 17.2. The highest BCUT2D eigenvalue weighted by atomic mass is 16.5. The van der Waals surface area contributed by atoms with Crippen LogP contribution in [0.1, 0.15) is 47.5 Å². The summed E-state index contributed by atoms with van der Waals surface area (Å²) in [5.41, 5.74) is -0.259. The van der Waals surface area contributed by atoms with Gasteiger partial charge >= 0.3 is 5.97 Å². The summed E-state index contributed by atoms with van der Waals surface area (Å²) in [6.45, 7) is 10.0. The fourth-order valence-corrected chi connectivity index (χ4v) is 1.97. The van der Waals surface area contributed by atoms with Gasteiger partial charge in [-0.3, -0.25) is 14.5 Å². The third-order valence-corrected chi connectivity index (χ3v) is 3.01. The largest absolute Gasteiger partial charge is 0.465 e. The van der Waals surface area contributed by atoms with Crippen molar-refractivity contribution in [3.05, 3.63) is 0 Å². The Morgan fingerprint density at radius 1 is 1.37 bits per heavy atom. The molecule has 0 spiro atoms. The number of nitrogens with zero attached hydrogens (tertiary/aromatic N) is 1. The molecule has 0 aromatic heterocycles. The highest BCUT2D eigenvalue weighted by molar-refractivity contribution is 5.83. The average molecular weight is 270 g/mol. The summed E-state index contributed by atoms with van der Waals surface area (Å²) in [5.74, 6) is -0.298. The highest BCUT2D eigenvalue weighted by Crippen LogP contribution is 2.28. The van der Waals surface area contributed by atoms with Crippen molar-refractivity contribution in [1.82, 2.24) is 10.2 Å². The molecule has 0 radical (unpaired) electrons. The minimum Gasteiger partial charge on any atom is -0.465 e. The number of amides is 1. The van der Waals surface area contributed by atoms with Crippen LogP contribution in [0.5, 0.6) is 0 Å². The maximum Gasteiger partial charge on any atom is 0.320 e. The summed E-state index contributed by atoms with van der Waals surface area (Å²) in [7, 11) is 0. The Kier molecular flexibility index (Phi) is 5.35. The van der Waals surface area contributed by atoms with E-state index < -0.39 is 0 Å². The molecule has 1 saturated carbocycles. The van der Waals surface area contributed by atoms with Crippen LogP contribution in [0.4, 0.5) is 0 Å². The third-order valence-electron chi connectivity index (χ3n) is 3.01. The van der Waals surface area contributed by atoms with Gasteiger partial charge in [0.15, 0.2) is 0 Å². The highest BCUT2D eigenvalue weighted by Gasteiger charge is 2.37. The zero-order chi connectivity index (χ0) is 14.6. The Morgan fingerprint density at radius 2 is 1.95 bits per heavy atom. The Labute approximate surface area is 115 Å². The van der Waals surface area contributed by atoms with Gasteiger partial charge in [0.05, 0.1) is 19.2 Å². The first kappa shape index (κ1) is 16.0. The van der Waals surface area contributed by atoms with Gasteiger partial charge in [0, 0.05) is 11.6 Å². The minimum atomic E-state index is -0.309. The van der Waals surface area contributed by atoms with Gasteiger partial charge in [0.1, 0.15) is 0 Å². The van der Waals surface area contributed by atoms with Gasteiger partial charge in [0.2, 0.25) is 5.91 Å². The Bertz CT molecular complexity index is 332. The average Bonchev–Trinajstić information content (AvgIpc) is 3.06. The topological polar surface area (TPSA) is 58.6 Å². The first-order valence-corrected chi connectivity index (χ1v) is 6.98. The quantitative estimate of drug-likeness (QED) is 0.740. The first-order valence-electron chi connectivity index (χ1n) is 6.98. The van der Waals surface area contributed by atoms with E-state index in [2.05, 4.69) is 5.32 Å². The molecule has 0 aromatic carbocycles. The molecule has 1 aliphatic rings. The van der Waals surface area contributed by atoms with Crippen LogP contribution in [0.25, 0.3) is 0 Å². The van der Waals surface area contributed by atoms with Gasteiger partial charge in [-0.05, 0) is 47.5 Å². The lowest BCUT2D eigenvalue weighted by atomic mass is 10.1. The Morgan fingerprint density at radius 3 is 2.37 bits per heavy atom. The molecule has 110 valence electrons. The number of nitrogens with one attached hydrogen (secondary N) is 1. The van der Waals surface area contributed by atoms with Gasteiger partial charge in [-0.1, -0.05) is 0 Å². The number of rotatable bonds is 6. The van der Waals surface area contributed by atoms with Crippen LogP contribution in [0, 0.1) is 0 Å². The molecule has 0 aromatic rings. The fraction of sp³-hybridized carbons (Fsp3) is 0.857. The van der Waals surface area contributed by atoms with Crippen molar-refractivity contribution in [3.8, 4) is 0 Å². The van der Waals surface area contributed by atoms with Crippen molar-refractivity contribution in [3.63, 3.8) is 0 Å². The molecule has 5 heteroatoms. The summed E-state index contributed by atoms with van der Waals surface area (Å²) < 4.78 is 4.97. The molecular weight excluding hydrogens is 244 g/mol. The zero-order valence-electron chi connectivity index (χ0n) is 12.7. The number of hydrogen-bond acceptors (Lipinski definition) is 4. The van der Waals surface area contributed by atoms with Crippen molar-refractivity contribution < 1.29 is 14.3 Å². The predicted molar refractivity (Wildman–Crippen MR) is 73.7 cm³/mol. The lowest BCUT2D eigenvalue weighted by Gasteiger charge is -2.30. The van der Waals surface area contributed by atoms with Gasteiger partial charge in [-0.15, -0.1) is 0 Å². The molecular formula is C14H26N2O3. The van der Waals surface area contributed by atoms with E-state index in [-0.39, 0.29) is 30.0 Å². The number of carbonyl (C=O) groups is 2. The number of ether oxygens (including phenoxy) is 1. The van der Waals surface area contributed by atoms with Crippen molar-refractivity contribution in [1.29, 1.82) is 0 Å². The van der Waals surface area contributed by atoms with E-state index in [0.29, 0.717) is 12.6 Å². The van der Waals surface area contributed by atoms with Crippen molar-refractivity contribution in [2.45, 2.75) is 65.1 Å². The van der Waals surface area contributed by atoms with Crippen LogP contribution in [0.2, 0.25) is 0 Å². The van der Waals surface area contributed by atoms with Crippen LogP contribution in [-0.4, -0.2) is 47.6 Å². The van der Waals surface area contributed by atoms with Gasteiger partial charge in [-0.2, -0.15) is 0 Å². The molecule has 1 amide bonds. The summed E-state index contributed by atoms with van der Waals surface area (Å²) in [6.07, 6.45) is 2.10. The molecule has 5 nitrogen and oxygen atoms in total. The van der Waals surface area contributed by atoms with Crippen molar-refractivity contribution in [2.75, 3.05) is 13.2 Å². The van der Waals surface area contributed by atoms with Crippen LogP contribution < -0.4 is 5.32 Å². The Balaban J connectivity index is 2.60. The van der Waals surface area contributed by atoms with Crippen LogP contribution in [0.15, 0.2) is 0 Å². The molecule has 1 rings (SSSR count). The van der Waals surface area contributed by atoms with Crippen molar-refractivity contribution >= 4 is 11.9 Å². The molecule has 19 heavy (non-hydrogen) atoms. The fourth-order valence-electron chi connectivity index (χ4n) is 1.97. The SMILES string of the molecule is CCOC(=O)CN(C1CC1)C(C)C(=O)NC(C)(C)C. The number of hydrogen-bond donors (Lipinski definition) is 1. The second-order valence-corrected chi connectivity index (χ2v) is 6.12. The standard InChI is InChI=1S/C14H26N2O3/c1-6-19-12(17)9-16(11-7-8-11)10(2)13(18)15-14(3,4)5/h10-11H,6-9H2,1-5H3,(H,15,18). The van der Waals surface area contributed by atoms with Gasteiger partial charge in [-0.25, -0.2) is 0 Å². The van der Waals surface area contributed by atoms with Crippen LogP contribution in [0.3, 0.4) is 0 Å². The minimum absolute atomic E-state index is 0.0382. The van der Waals surface area contributed by atoms with E-state index in [1.54, 1.807) is 6.92 Å². The summed E-state index contributed by atoms with van der Waals surface area (Å²) in [4.78, 5) is 25.7. The smallest absolute Gasteiger partial charge is 0.320 e. The maximum absolute atomic E-state index is 12.2. The van der Waals surface area contributed by atoms with E-state index in [1.165, 1.54) is 0 Å². The predicted octanol–water partition coefficient (Wildman–Crippen LogP) is 1.32. The molecule has 1 N–H and O–H groups in total. The van der Waals surface area contributed by atoms with Gasteiger partial charge < -0.3 is 10.1 Å². The van der Waals surface area contributed by atoms with E-state index >= 15 is 0 Å². The third kappa shape index (κ3) is 5.59. The summed E-state index contributed by atoms with van der Waals surface area (Å²) in [5, 5.41) is 2.95. The molecule has 1 aliphatic carbocycles. The zero-order valence-corrected chi connectivity index (χ0v) is 12.7. The lowest BCUT2D eigenvalue weighted by Crippen LogP contribution is -2.52. The molecule has 0 heterocycles. The maximum atomic E-state index is 12.2. The molecule has 1 atom stereocenters. The van der Waals surface area contributed by atoms with E-state index in [0.717, 1.165) is 12.8 Å². The second-order valence-electron chi connectivity index (χ2n) is 6.12. The monoisotopic (exact) mass is 270 g/mol. The molecule has 1 unspecified atom stereocenters. The lowest BCUT2D eigenvalue weighted by molar-refractivity contribution is -0.146. The van der Waals surface area contributed by atoms with Gasteiger partial charge in [0.25, 0.3) is 0 Å². The number of carbonyl (C=O) groups excluding carboxylic acids is 2. The van der Waals surface area contributed by atoms with Crippen LogP contribution >= 0.6 is 0 Å². The molecule has 0 bridgehead atoms. The molecule has 0 aliphatic heterocycles. The first-order chi connectivity index (χ1) is 8.74. The van der Waals surface area contributed by atoms with E-state index in [9.17, 15) is 9.59 Å². The van der Waals surface area contributed by atoms with Crippen molar-refractivity contribution in [2.24, 2.45) is 0 Å². The van der Waals surface area contributed by atoms with Crippen LogP contribution in [-0.2, 0) is 14.3 Å².